The van der Waals surface area contributed by atoms with Gasteiger partial charge in [-0.15, -0.1) is 0 Å². The summed E-state index contributed by atoms with van der Waals surface area (Å²) in [6.07, 6.45) is 0. The highest BCUT2D eigenvalue weighted by atomic mass is 79.9. The van der Waals surface area contributed by atoms with E-state index in [9.17, 15) is 18.0 Å². The predicted octanol–water partition coefficient (Wildman–Crippen LogP) is 4.90. The summed E-state index contributed by atoms with van der Waals surface area (Å²) >= 11 is 3.41. The Morgan fingerprint density at radius 2 is 1.56 bits per heavy atom. The van der Waals surface area contributed by atoms with Crippen LogP contribution in [0.1, 0.15) is 31.9 Å². The minimum absolute atomic E-state index is 0.0388. The molecule has 0 radical (unpaired) electrons. The number of sulfonamides is 1. The average molecular weight is 617 g/mol. The van der Waals surface area contributed by atoms with Crippen LogP contribution in [0, 0.1) is 6.92 Å². The Kier molecular flexibility index (Phi) is 10.2. The number of carbonyl (C=O) groups is 2. The second kappa shape index (κ2) is 13.1. The standard InChI is InChI=1S/C29H34BrN3O5S/c1-20(2)31-29(35)22(4)32(18-23-12-14-24(30)15-13-23)28(34)19-33(26-8-6-7-9-27(26)38-5)39(36,37)25-16-10-21(3)11-17-25/h6-17,20,22H,18-19H2,1-5H3,(H,31,35). The van der Waals surface area contributed by atoms with Gasteiger partial charge in [0.05, 0.1) is 17.7 Å². The Bertz CT molecular complexity index is 1390. The first-order valence-electron chi connectivity index (χ1n) is 12.5. The monoisotopic (exact) mass is 615 g/mol. The zero-order valence-electron chi connectivity index (χ0n) is 22.7. The third-order valence-corrected chi connectivity index (χ3v) is 8.41. The number of nitrogens with one attached hydrogen (secondary N) is 1. The maximum atomic E-state index is 14.0. The molecule has 0 aromatic heterocycles. The Morgan fingerprint density at radius 3 is 2.15 bits per heavy atom. The first-order chi connectivity index (χ1) is 18.4. The molecule has 2 amide bonds. The molecule has 0 spiro atoms. The number of halogens is 1. The van der Waals surface area contributed by atoms with Crippen LogP contribution in [0.5, 0.6) is 5.75 Å². The van der Waals surface area contributed by atoms with E-state index in [1.54, 1.807) is 43.3 Å². The number of ether oxygens (including phenoxy) is 1. The third-order valence-electron chi connectivity index (χ3n) is 6.11. The number of aryl methyl sites for hydroxylation is 1. The lowest BCUT2D eigenvalue weighted by Crippen LogP contribution is -2.52. The number of hydrogen-bond donors (Lipinski definition) is 1. The van der Waals surface area contributed by atoms with Gasteiger partial charge in [0.25, 0.3) is 10.0 Å². The molecule has 10 heteroatoms. The number of carbonyl (C=O) groups excluding carboxylic acids is 2. The molecule has 3 aromatic carbocycles. The first kappa shape index (κ1) is 30.2. The van der Waals surface area contributed by atoms with Gasteiger partial charge in [-0.05, 0) is 69.7 Å². The van der Waals surface area contributed by atoms with Crippen LogP contribution in [-0.2, 0) is 26.2 Å². The van der Waals surface area contributed by atoms with Gasteiger partial charge in [0.15, 0.2) is 0 Å². The summed E-state index contributed by atoms with van der Waals surface area (Å²) in [5.74, 6) is -0.572. The highest BCUT2D eigenvalue weighted by Crippen LogP contribution is 2.32. The average Bonchev–Trinajstić information content (AvgIpc) is 2.90. The van der Waals surface area contributed by atoms with Gasteiger partial charge in [-0.3, -0.25) is 13.9 Å². The minimum atomic E-state index is -4.18. The van der Waals surface area contributed by atoms with Gasteiger partial charge in [-0.2, -0.15) is 0 Å². The molecule has 1 unspecified atom stereocenters. The first-order valence-corrected chi connectivity index (χ1v) is 14.7. The van der Waals surface area contributed by atoms with Gasteiger partial charge in [0.2, 0.25) is 11.8 Å². The maximum absolute atomic E-state index is 14.0. The van der Waals surface area contributed by atoms with Crippen LogP contribution < -0.4 is 14.4 Å². The van der Waals surface area contributed by atoms with E-state index in [4.69, 9.17) is 4.74 Å². The van der Waals surface area contributed by atoms with Crippen molar-refractivity contribution in [3.05, 3.63) is 88.4 Å². The highest BCUT2D eigenvalue weighted by Gasteiger charge is 2.33. The number of nitrogens with zero attached hydrogens (tertiary/aromatic N) is 2. The van der Waals surface area contributed by atoms with Gasteiger partial charge < -0.3 is 15.0 Å². The summed E-state index contributed by atoms with van der Waals surface area (Å²) in [5, 5.41) is 2.85. The van der Waals surface area contributed by atoms with E-state index >= 15 is 0 Å². The summed E-state index contributed by atoms with van der Waals surface area (Å²) in [4.78, 5) is 28.4. The van der Waals surface area contributed by atoms with Gasteiger partial charge in [0.1, 0.15) is 18.3 Å². The number of para-hydroxylation sites is 2. The highest BCUT2D eigenvalue weighted by molar-refractivity contribution is 9.10. The smallest absolute Gasteiger partial charge is 0.264 e. The van der Waals surface area contributed by atoms with E-state index in [0.717, 1.165) is 19.9 Å². The number of anilines is 1. The van der Waals surface area contributed by atoms with Crippen molar-refractivity contribution in [1.82, 2.24) is 10.2 Å². The molecule has 3 rings (SSSR count). The Labute approximate surface area is 239 Å². The largest absolute Gasteiger partial charge is 0.495 e. The van der Waals surface area contributed by atoms with E-state index in [1.807, 2.05) is 45.0 Å². The third kappa shape index (κ3) is 7.60. The molecule has 0 heterocycles. The van der Waals surface area contributed by atoms with Crippen molar-refractivity contribution >= 4 is 43.5 Å². The van der Waals surface area contributed by atoms with Gasteiger partial charge in [-0.25, -0.2) is 8.42 Å². The van der Waals surface area contributed by atoms with Gasteiger partial charge in [0, 0.05) is 17.1 Å². The lowest BCUT2D eigenvalue weighted by Gasteiger charge is -2.32. The molecule has 0 aliphatic heterocycles. The molecule has 8 nitrogen and oxygen atoms in total. The fourth-order valence-electron chi connectivity index (χ4n) is 3.96. The molecule has 0 fully saturated rings. The van der Waals surface area contributed by atoms with E-state index in [2.05, 4.69) is 21.2 Å². The Hall–Kier alpha value is -3.37. The van der Waals surface area contributed by atoms with Crippen LogP contribution in [0.15, 0.2) is 82.2 Å². The summed E-state index contributed by atoms with van der Waals surface area (Å²) in [6.45, 7) is 6.75. The summed E-state index contributed by atoms with van der Waals surface area (Å²) in [6, 6.07) is 19.4. The molecule has 0 aliphatic carbocycles. The quantitative estimate of drug-likeness (QED) is 0.331. The Morgan fingerprint density at radius 1 is 0.949 bits per heavy atom. The van der Waals surface area contributed by atoms with Crippen LogP contribution in [0.25, 0.3) is 0 Å². The van der Waals surface area contributed by atoms with E-state index < -0.39 is 28.5 Å². The van der Waals surface area contributed by atoms with Crippen molar-refractivity contribution < 1.29 is 22.7 Å². The zero-order valence-corrected chi connectivity index (χ0v) is 25.1. The van der Waals surface area contributed by atoms with Crippen molar-refractivity contribution in [2.45, 2.75) is 51.2 Å². The number of methoxy groups -OCH3 is 1. The zero-order chi connectivity index (χ0) is 28.7. The number of hydrogen-bond acceptors (Lipinski definition) is 5. The van der Waals surface area contributed by atoms with E-state index in [1.165, 1.54) is 24.1 Å². The molecule has 0 saturated heterocycles. The lowest BCUT2D eigenvalue weighted by molar-refractivity contribution is -0.139. The number of amides is 2. The lowest BCUT2D eigenvalue weighted by atomic mass is 10.1. The van der Waals surface area contributed by atoms with E-state index in [0.29, 0.717) is 5.75 Å². The van der Waals surface area contributed by atoms with Crippen molar-refractivity contribution in [1.29, 1.82) is 0 Å². The molecule has 0 aliphatic rings. The van der Waals surface area contributed by atoms with Crippen LogP contribution in [0.4, 0.5) is 5.69 Å². The SMILES string of the molecule is COc1ccccc1N(CC(=O)N(Cc1ccc(Br)cc1)C(C)C(=O)NC(C)C)S(=O)(=O)c1ccc(C)cc1. The van der Waals surface area contributed by atoms with Crippen LogP contribution >= 0.6 is 15.9 Å². The fraction of sp³-hybridized carbons (Fsp3) is 0.310. The maximum Gasteiger partial charge on any atom is 0.264 e. The fourth-order valence-corrected chi connectivity index (χ4v) is 5.65. The van der Waals surface area contributed by atoms with Gasteiger partial charge in [-0.1, -0.05) is 57.9 Å². The normalized spacial score (nSPS) is 12.1. The van der Waals surface area contributed by atoms with Crippen molar-refractivity contribution in [3.8, 4) is 5.75 Å². The number of rotatable bonds is 11. The topological polar surface area (TPSA) is 96.0 Å². The van der Waals surface area contributed by atoms with Crippen molar-refractivity contribution in [3.63, 3.8) is 0 Å². The van der Waals surface area contributed by atoms with Gasteiger partial charge >= 0.3 is 0 Å². The van der Waals surface area contributed by atoms with E-state index in [-0.39, 0.29) is 29.1 Å². The summed E-state index contributed by atoms with van der Waals surface area (Å²) < 4.78 is 35.2. The summed E-state index contributed by atoms with van der Waals surface area (Å²) in [5.41, 5.74) is 1.91. The molecular formula is C29H34BrN3O5S. The molecule has 3 aromatic rings. The molecule has 0 saturated carbocycles. The van der Waals surface area contributed by atoms with Crippen LogP contribution in [0.2, 0.25) is 0 Å². The molecule has 39 heavy (non-hydrogen) atoms. The predicted molar refractivity (Wildman–Crippen MR) is 156 cm³/mol. The second-order valence-electron chi connectivity index (χ2n) is 9.48. The van der Waals surface area contributed by atoms with Crippen molar-refractivity contribution in [2.24, 2.45) is 0 Å². The summed E-state index contributed by atoms with van der Waals surface area (Å²) in [7, 11) is -2.74. The van der Waals surface area contributed by atoms with Crippen LogP contribution in [-0.4, -0.2) is 50.9 Å². The molecule has 1 atom stereocenters. The Balaban J connectivity index is 2.06. The number of benzene rings is 3. The molecule has 208 valence electrons. The molecule has 1 N–H and O–H groups in total. The second-order valence-corrected chi connectivity index (χ2v) is 12.3. The molecular weight excluding hydrogens is 582 g/mol. The van der Waals surface area contributed by atoms with Crippen molar-refractivity contribution in [2.75, 3.05) is 18.0 Å². The van der Waals surface area contributed by atoms with Crippen LogP contribution in [0.3, 0.4) is 0 Å². The minimum Gasteiger partial charge on any atom is -0.495 e. The molecule has 0 bridgehead atoms.